The fourth-order valence-electron chi connectivity index (χ4n) is 2.62. The molecule has 0 saturated heterocycles. The lowest BCUT2D eigenvalue weighted by atomic mass is 10.1. The van der Waals surface area contributed by atoms with E-state index in [1.807, 2.05) is 77.1 Å². The minimum absolute atomic E-state index is 0.0645. The second-order valence-electron chi connectivity index (χ2n) is 7.25. The molecule has 0 fully saturated rings. The molecule has 0 saturated carbocycles. The molecule has 0 aliphatic carbocycles. The van der Waals surface area contributed by atoms with Crippen LogP contribution in [0.25, 0.3) is 0 Å². The highest BCUT2D eigenvalue weighted by atomic mass is 79.9. The van der Waals surface area contributed by atoms with Gasteiger partial charge in [0.15, 0.2) is 0 Å². The number of carbonyl (C=O) groups is 1. The molecule has 1 unspecified atom stereocenters. The third-order valence-electron chi connectivity index (χ3n) is 4.38. The molecule has 0 heterocycles. The molecule has 0 spiro atoms. The van der Waals surface area contributed by atoms with Crippen molar-refractivity contribution in [3.8, 4) is 0 Å². The number of amides is 1. The van der Waals surface area contributed by atoms with Gasteiger partial charge in [0.25, 0.3) is 0 Å². The topological polar surface area (TPSA) is 58.5 Å². The number of aliphatic imine (C=N–C) groups is 1. The standard InChI is InChI=1S/C23H27BrN2O2S/c1-15(2)22(25-18(5)19-8-6-16(3)7-9-19)13-29(28)14-23(27)26-20-10-11-21(24)17(4)12-20/h6-12H,13-14H2,1-5H3,(H,26,27). The molecule has 4 nitrogen and oxygen atoms in total. The minimum Gasteiger partial charge on any atom is -0.325 e. The average molecular weight is 475 g/mol. The number of rotatable bonds is 7. The van der Waals surface area contributed by atoms with Gasteiger partial charge < -0.3 is 5.32 Å². The van der Waals surface area contributed by atoms with Crippen molar-refractivity contribution in [3.05, 3.63) is 74.9 Å². The van der Waals surface area contributed by atoms with Crippen molar-refractivity contribution in [1.82, 2.24) is 0 Å². The normalized spacial score (nSPS) is 12.4. The number of hydrogen-bond donors (Lipinski definition) is 1. The Morgan fingerprint density at radius 2 is 1.69 bits per heavy atom. The predicted octanol–water partition coefficient (Wildman–Crippen LogP) is 5.56. The van der Waals surface area contributed by atoms with Gasteiger partial charge in [0.1, 0.15) is 5.75 Å². The maximum Gasteiger partial charge on any atom is 0.237 e. The van der Waals surface area contributed by atoms with Gasteiger partial charge in [0.05, 0.1) is 11.4 Å². The molecule has 0 radical (unpaired) electrons. The summed E-state index contributed by atoms with van der Waals surface area (Å²) in [6.07, 6.45) is 0. The largest absolute Gasteiger partial charge is 0.325 e. The quantitative estimate of drug-likeness (QED) is 0.534. The first kappa shape index (κ1) is 23.2. The number of nitrogens with one attached hydrogen (secondary N) is 1. The number of anilines is 1. The van der Waals surface area contributed by atoms with Crippen LogP contribution < -0.4 is 5.32 Å². The Bertz CT molecular complexity index is 975. The second-order valence-corrected chi connectivity index (χ2v) is 9.56. The Balaban J connectivity index is 2.03. The molecule has 1 atom stereocenters. The van der Waals surface area contributed by atoms with E-state index in [1.165, 1.54) is 5.56 Å². The van der Waals surface area contributed by atoms with Gasteiger partial charge in [-0.25, -0.2) is 0 Å². The highest BCUT2D eigenvalue weighted by Crippen LogP contribution is 2.20. The first-order valence-corrected chi connectivity index (χ1v) is 11.6. The smallest absolute Gasteiger partial charge is 0.237 e. The van der Waals surface area contributed by atoms with Crippen LogP contribution in [0.15, 0.2) is 63.2 Å². The molecule has 2 aromatic carbocycles. The third-order valence-corrected chi connectivity index (χ3v) is 6.45. The molecular weight excluding hydrogens is 448 g/mol. The summed E-state index contributed by atoms with van der Waals surface area (Å²) in [7, 11) is -1.35. The summed E-state index contributed by atoms with van der Waals surface area (Å²) in [4.78, 5) is 17.0. The van der Waals surface area contributed by atoms with Gasteiger partial charge >= 0.3 is 0 Å². The molecule has 6 heteroatoms. The van der Waals surface area contributed by atoms with Crippen molar-refractivity contribution in [2.75, 3.05) is 16.8 Å². The minimum atomic E-state index is -1.35. The Morgan fingerprint density at radius 1 is 1.03 bits per heavy atom. The van der Waals surface area contributed by atoms with Gasteiger partial charge in [-0.15, -0.1) is 0 Å². The highest BCUT2D eigenvalue weighted by Gasteiger charge is 2.12. The number of nitrogens with zero attached hydrogens (tertiary/aromatic N) is 1. The van der Waals surface area contributed by atoms with Crippen LogP contribution in [0.5, 0.6) is 0 Å². The third kappa shape index (κ3) is 7.37. The van der Waals surface area contributed by atoms with Crippen LogP contribution in [-0.2, 0) is 15.6 Å². The molecule has 154 valence electrons. The molecule has 2 rings (SSSR count). The Morgan fingerprint density at radius 3 is 2.28 bits per heavy atom. The van der Waals surface area contributed by atoms with E-state index >= 15 is 0 Å². The second kappa shape index (κ2) is 10.6. The van der Waals surface area contributed by atoms with Crippen LogP contribution in [0.2, 0.25) is 0 Å². The average Bonchev–Trinajstić information content (AvgIpc) is 2.64. The van der Waals surface area contributed by atoms with Crippen LogP contribution in [0.4, 0.5) is 5.69 Å². The summed E-state index contributed by atoms with van der Waals surface area (Å²) in [5.74, 6) is -0.0825. The number of halogens is 1. The van der Waals surface area contributed by atoms with Crippen molar-refractivity contribution in [2.45, 2.75) is 34.6 Å². The van der Waals surface area contributed by atoms with Gasteiger partial charge in [-0.3, -0.25) is 14.0 Å². The van der Waals surface area contributed by atoms with Crippen molar-refractivity contribution in [2.24, 2.45) is 4.99 Å². The molecule has 0 aliphatic heterocycles. The van der Waals surface area contributed by atoms with Crippen LogP contribution in [0.1, 0.15) is 37.5 Å². The summed E-state index contributed by atoms with van der Waals surface area (Å²) in [6.45, 7) is 9.83. The molecule has 29 heavy (non-hydrogen) atoms. The first-order chi connectivity index (χ1) is 13.7. The molecule has 0 aliphatic rings. The van der Waals surface area contributed by atoms with Gasteiger partial charge in [-0.2, -0.15) is 0 Å². The lowest BCUT2D eigenvalue weighted by molar-refractivity contribution is -0.113. The maximum absolute atomic E-state index is 12.6. The zero-order valence-corrected chi connectivity index (χ0v) is 19.9. The SMILES string of the molecule is CC(=NC(CS(=O)CC(=O)Nc1ccc(Br)c(C)c1)=C(C)C)c1ccc(C)cc1. The van der Waals surface area contributed by atoms with Gasteiger partial charge in [0, 0.05) is 26.7 Å². The number of carbonyl (C=O) groups excluding carboxylic acids is 1. The molecule has 2 aromatic rings. The van der Waals surface area contributed by atoms with Gasteiger partial charge in [-0.1, -0.05) is 51.3 Å². The van der Waals surface area contributed by atoms with Crippen LogP contribution in [-0.4, -0.2) is 27.3 Å². The van der Waals surface area contributed by atoms with Crippen molar-refractivity contribution < 1.29 is 9.00 Å². The van der Waals surface area contributed by atoms with E-state index in [9.17, 15) is 9.00 Å². The van der Waals surface area contributed by atoms with Crippen molar-refractivity contribution in [3.63, 3.8) is 0 Å². The van der Waals surface area contributed by atoms with E-state index in [0.29, 0.717) is 5.69 Å². The Labute approximate surface area is 184 Å². The predicted molar refractivity (Wildman–Crippen MR) is 127 cm³/mol. The van der Waals surface area contributed by atoms with E-state index in [1.54, 1.807) is 0 Å². The summed E-state index contributed by atoms with van der Waals surface area (Å²) < 4.78 is 13.6. The zero-order valence-electron chi connectivity index (χ0n) is 17.5. The van der Waals surface area contributed by atoms with E-state index in [4.69, 9.17) is 4.99 Å². The van der Waals surface area contributed by atoms with Gasteiger partial charge in [-0.05, 0) is 63.9 Å². The molecule has 0 aromatic heterocycles. The molecule has 0 bridgehead atoms. The fourth-order valence-corrected chi connectivity index (χ4v) is 3.99. The fraction of sp³-hybridized carbons (Fsp3) is 0.304. The number of hydrogen-bond acceptors (Lipinski definition) is 3. The monoisotopic (exact) mass is 474 g/mol. The van der Waals surface area contributed by atoms with E-state index < -0.39 is 10.8 Å². The zero-order chi connectivity index (χ0) is 21.6. The lowest BCUT2D eigenvalue weighted by Crippen LogP contribution is -2.21. The molecule has 1 amide bonds. The summed E-state index contributed by atoms with van der Waals surface area (Å²) in [5, 5.41) is 2.81. The van der Waals surface area contributed by atoms with Crippen molar-refractivity contribution in [1.29, 1.82) is 0 Å². The van der Waals surface area contributed by atoms with Gasteiger partial charge in [0.2, 0.25) is 5.91 Å². The van der Waals surface area contributed by atoms with E-state index in [-0.39, 0.29) is 17.4 Å². The summed E-state index contributed by atoms with van der Waals surface area (Å²) in [5.41, 5.74) is 6.57. The van der Waals surface area contributed by atoms with E-state index in [0.717, 1.165) is 32.6 Å². The Hall–Kier alpha value is -2.05. The number of benzene rings is 2. The molecule has 1 N–H and O–H groups in total. The van der Waals surface area contributed by atoms with Crippen LogP contribution >= 0.6 is 15.9 Å². The van der Waals surface area contributed by atoms with Crippen LogP contribution in [0.3, 0.4) is 0 Å². The van der Waals surface area contributed by atoms with E-state index in [2.05, 4.69) is 21.2 Å². The lowest BCUT2D eigenvalue weighted by Gasteiger charge is -2.09. The highest BCUT2D eigenvalue weighted by molar-refractivity contribution is 9.10. The van der Waals surface area contributed by atoms with Crippen LogP contribution in [0, 0.1) is 13.8 Å². The maximum atomic E-state index is 12.6. The first-order valence-electron chi connectivity index (χ1n) is 9.35. The number of allylic oxidation sites excluding steroid dienone is 1. The number of aryl methyl sites for hydroxylation is 2. The van der Waals surface area contributed by atoms with Crippen molar-refractivity contribution >= 4 is 44.0 Å². The summed E-state index contributed by atoms with van der Waals surface area (Å²) >= 11 is 3.44. The Kier molecular flexibility index (Phi) is 8.53. The summed E-state index contributed by atoms with van der Waals surface area (Å²) in [6, 6.07) is 13.7. The molecular formula is C23H27BrN2O2S.